The molecule has 0 fully saturated rings. The maximum absolute atomic E-state index is 12.2. The van der Waals surface area contributed by atoms with Crippen LogP contribution in [0.25, 0.3) is 0 Å². The van der Waals surface area contributed by atoms with Crippen molar-refractivity contribution < 1.29 is 9.90 Å². The minimum absolute atomic E-state index is 0.00640. The Balaban J connectivity index is 2.17. The van der Waals surface area contributed by atoms with Crippen LogP contribution in [0.3, 0.4) is 0 Å². The predicted octanol–water partition coefficient (Wildman–Crippen LogP) is 3.26. The number of phenols is 1. The number of aromatic hydroxyl groups is 1. The molecule has 0 radical (unpaired) electrons. The van der Waals surface area contributed by atoms with Crippen LogP contribution in [-0.2, 0) is 0 Å². The summed E-state index contributed by atoms with van der Waals surface area (Å²) in [7, 11) is 0. The van der Waals surface area contributed by atoms with E-state index in [2.05, 4.69) is 10.3 Å². The number of thiazole rings is 1. The van der Waals surface area contributed by atoms with Crippen LogP contribution in [0, 0.1) is 20.8 Å². The lowest BCUT2D eigenvalue weighted by Gasteiger charge is -2.13. The zero-order valence-electron chi connectivity index (χ0n) is 12.0. The van der Waals surface area contributed by atoms with Gasteiger partial charge in [-0.3, -0.25) is 4.79 Å². The Labute approximate surface area is 122 Å². The number of hydrogen-bond acceptors (Lipinski definition) is 4. The Hall–Kier alpha value is -1.88. The third-order valence-corrected chi connectivity index (χ3v) is 4.33. The second-order valence-electron chi connectivity index (χ2n) is 4.90. The Morgan fingerprint density at radius 2 is 2.05 bits per heavy atom. The highest BCUT2D eigenvalue weighted by atomic mass is 32.1. The maximum Gasteiger partial charge on any atom is 0.255 e. The fourth-order valence-electron chi connectivity index (χ4n) is 2.12. The van der Waals surface area contributed by atoms with Gasteiger partial charge in [0.1, 0.15) is 5.75 Å². The van der Waals surface area contributed by atoms with E-state index in [0.29, 0.717) is 5.56 Å². The number of rotatable bonds is 3. The molecule has 20 heavy (non-hydrogen) atoms. The summed E-state index contributed by atoms with van der Waals surface area (Å²) in [6, 6.07) is 4.90. The number of carbonyl (C=O) groups excluding carboxylic acids is 1. The Kier molecular flexibility index (Phi) is 4.09. The van der Waals surface area contributed by atoms with Gasteiger partial charge in [-0.1, -0.05) is 6.07 Å². The average molecular weight is 290 g/mol. The highest BCUT2D eigenvalue weighted by molar-refractivity contribution is 7.11. The second kappa shape index (κ2) is 5.63. The van der Waals surface area contributed by atoms with Gasteiger partial charge in [0.15, 0.2) is 0 Å². The first-order valence-corrected chi connectivity index (χ1v) is 7.24. The predicted molar refractivity (Wildman–Crippen MR) is 80.3 cm³/mol. The van der Waals surface area contributed by atoms with Gasteiger partial charge in [0.25, 0.3) is 5.91 Å². The van der Waals surface area contributed by atoms with E-state index < -0.39 is 0 Å². The van der Waals surface area contributed by atoms with Gasteiger partial charge >= 0.3 is 0 Å². The third kappa shape index (κ3) is 2.99. The molecule has 0 bridgehead atoms. The molecule has 1 aromatic carbocycles. The van der Waals surface area contributed by atoms with Crippen molar-refractivity contribution in [1.82, 2.24) is 10.3 Å². The smallest absolute Gasteiger partial charge is 0.255 e. The highest BCUT2D eigenvalue weighted by Crippen LogP contribution is 2.25. The molecule has 1 unspecified atom stereocenters. The monoisotopic (exact) mass is 290 g/mol. The fraction of sp³-hybridized carbons (Fsp3) is 0.333. The number of carbonyl (C=O) groups is 1. The lowest BCUT2D eigenvalue weighted by molar-refractivity contribution is 0.0938. The summed E-state index contributed by atoms with van der Waals surface area (Å²) < 4.78 is 0. The van der Waals surface area contributed by atoms with Crippen molar-refractivity contribution in [1.29, 1.82) is 0 Å². The molecule has 0 saturated heterocycles. The molecule has 1 atom stereocenters. The van der Waals surface area contributed by atoms with Gasteiger partial charge < -0.3 is 10.4 Å². The molecule has 0 aliphatic heterocycles. The van der Waals surface area contributed by atoms with Crippen LogP contribution >= 0.6 is 11.3 Å². The first kappa shape index (κ1) is 14.5. The van der Waals surface area contributed by atoms with Crippen molar-refractivity contribution in [3.63, 3.8) is 0 Å². The number of nitrogens with zero attached hydrogens (tertiary/aromatic N) is 1. The maximum atomic E-state index is 12.2. The molecule has 0 spiro atoms. The summed E-state index contributed by atoms with van der Waals surface area (Å²) in [5, 5.41) is 13.7. The highest BCUT2D eigenvalue weighted by Gasteiger charge is 2.18. The fourth-order valence-corrected chi connectivity index (χ4v) is 3.05. The number of benzene rings is 1. The molecular weight excluding hydrogens is 272 g/mol. The average Bonchev–Trinajstić information content (AvgIpc) is 2.68. The molecular formula is C15H18N2O2S. The largest absolute Gasteiger partial charge is 0.507 e. The third-order valence-electron chi connectivity index (χ3n) is 3.08. The molecule has 4 nitrogen and oxygen atoms in total. The standard InChI is InChI=1S/C15H18N2O2S/c1-8-5-6-12(13(18)7-8)15(19)17-10(3)14-9(2)16-11(4)20-14/h5-7,10,18H,1-4H3,(H,17,19). The second-order valence-corrected chi connectivity index (χ2v) is 6.13. The van der Waals surface area contributed by atoms with E-state index >= 15 is 0 Å². The SMILES string of the molecule is Cc1ccc(C(=O)NC(C)c2sc(C)nc2C)c(O)c1. The molecule has 1 aromatic heterocycles. The van der Waals surface area contributed by atoms with Gasteiger partial charge in [0, 0.05) is 4.88 Å². The van der Waals surface area contributed by atoms with Crippen LogP contribution in [-0.4, -0.2) is 16.0 Å². The van der Waals surface area contributed by atoms with Crippen molar-refractivity contribution in [3.05, 3.63) is 44.9 Å². The van der Waals surface area contributed by atoms with Crippen LogP contribution in [0.4, 0.5) is 0 Å². The van der Waals surface area contributed by atoms with Gasteiger partial charge in [-0.15, -0.1) is 11.3 Å². The van der Waals surface area contributed by atoms with Gasteiger partial charge in [-0.2, -0.15) is 0 Å². The first-order chi connectivity index (χ1) is 9.38. The molecule has 1 heterocycles. The zero-order valence-corrected chi connectivity index (χ0v) is 12.8. The molecule has 5 heteroatoms. The summed E-state index contributed by atoms with van der Waals surface area (Å²) >= 11 is 1.58. The van der Waals surface area contributed by atoms with Gasteiger partial charge in [0.05, 0.1) is 22.3 Å². The van der Waals surface area contributed by atoms with Gasteiger partial charge in [-0.05, 0) is 45.4 Å². The van der Waals surface area contributed by atoms with Crippen LogP contribution in [0.1, 0.15) is 44.5 Å². The molecule has 2 rings (SSSR count). The molecule has 2 aromatic rings. The van der Waals surface area contributed by atoms with Crippen molar-refractivity contribution >= 4 is 17.2 Å². The van der Waals surface area contributed by atoms with E-state index in [0.717, 1.165) is 21.1 Å². The number of aryl methyl sites for hydroxylation is 3. The van der Waals surface area contributed by atoms with Crippen molar-refractivity contribution in [2.45, 2.75) is 33.7 Å². The Morgan fingerprint density at radius 3 is 2.60 bits per heavy atom. The lowest BCUT2D eigenvalue weighted by atomic mass is 10.1. The minimum Gasteiger partial charge on any atom is -0.507 e. The van der Waals surface area contributed by atoms with Crippen LogP contribution < -0.4 is 5.32 Å². The van der Waals surface area contributed by atoms with Crippen molar-refractivity contribution in [3.8, 4) is 5.75 Å². The van der Waals surface area contributed by atoms with E-state index in [1.807, 2.05) is 27.7 Å². The van der Waals surface area contributed by atoms with E-state index in [4.69, 9.17) is 0 Å². The molecule has 0 saturated carbocycles. The molecule has 106 valence electrons. The number of nitrogens with one attached hydrogen (secondary N) is 1. The summed E-state index contributed by atoms with van der Waals surface area (Å²) in [5.74, 6) is -0.271. The van der Waals surface area contributed by atoms with Crippen LogP contribution in [0.2, 0.25) is 0 Å². The number of aromatic nitrogens is 1. The minimum atomic E-state index is -0.277. The first-order valence-electron chi connectivity index (χ1n) is 6.43. The van der Waals surface area contributed by atoms with Crippen molar-refractivity contribution in [2.24, 2.45) is 0 Å². The van der Waals surface area contributed by atoms with E-state index in [-0.39, 0.29) is 17.7 Å². The molecule has 1 amide bonds. The van der Waals surface area contributed by atoms with E-state index in [1.165, 1.54) is 0 Å². The number of amides is 1. The van der Waals surface area contributed by atoms with Crippen LogP contribution in [0.15, 0.2) is 18.2 Å². The summed E-state index contributed by atoms with van der Waals surface area (Å²) in [6.07, 6.45) is 0. The summed E-state index contributed by atoms with van der Waals surface area (Å²) in [6.45, 7) is 7.67. The number of phenolic OH excluding ortho intramolecular Hbond substituents is 1. The summed E-state index contributed by atoms with van der Waals surface area (Å²) in [5.41, 5.74) is 2.15. The Bertz CT molecular complexity index is 649. The summed E-state index contributed by atoms with van der Waals surface area (Å²) in [4.78, 5) is 17.6. The lowest BCUT2D eigenvalue weighted by Crippen LogP contribution is -2.26. The topological polar surface area (TPSA) is 62.2 Å². The van der Waals surface area contributed by atoms with E-state index in [9.17, 15) is 9.90 Å². The normalized spacial score (nSPS) is 12.2. The van der Waals surface area contributed by atoms with Crippen molar-refractivity contribution in [2.75, 3.05) is 0 Å². The van der Waals surface area contributed by atoms with Gasteiger partial charge in [0.2, 0.25) is 0 Å². The quantitative estimate of drug-likeness (QED) is 0.912. The molecule has 2 N–H and O–H groups in total. The van der Waals surface area contributed by atoms with E-state index in [1.54, 1.807) is 29.5 Å². The zero-order chi connectivity index (χ0) is 14.9. The van der Waals surface area contributed by atoms with Crippen LogP contribution in [0.5, 0.6) is 5.75 Å². The number of hydrogen-bond donors (Lipinski definition) is 2. The van der Waals surface area contributed by atoms with Gasteiger partial charge in [-0.25, -0.2) is 4.98 Å². The molecule has 0 aliphatic carbocycles. The Morgan fingerprint density at radius 1 is 1.35 bits per heavy atom. The molecule has 0 aliphatic rings.